The van der Waals surface area contributed by atoms with Gasteiger partial charge in [0.15, 0.2) is 5.76 Å². The number of fused-ring (bicyclic) bond motifs is 3. The molecule has 0 saturated carbocycles. The van der Waals surface area contributed by atoms with E-state index in [1.807, 2.05) is 23.1 Å². The number of benzene rings is 2. The van der Waals surface area contributed by atoms with Crippen molar-refractivity contribution in [3.05, 3.63) is 113 Å². The summed E-state index contributed by atoms with van der Waals surface area (Å²) < 4.78 is 7.64. The lowest BCUT2D eigenvalue weighted by Crippen LogP contribution is -2.34. The molecule has 3 heterocycles. The van der Waals surface area contributed by atoms with Gasteiger partial charge in [-0.05, 0) is 48.4 Å². The number of hydrogen-bond acceptors (Lipinski definition) is 2. The van der Waals surface area contributed by atoms with E-state index in [4.69, 9.17) is 4.42 Å². The van der Waals surface area contributed by atoms with Gasteiger partial charge in [-0.3, -0.25) is 4.79 Å². The standard InChI is InChI=1S/C24H20N2O2/c1-17-10-12-18(13-11-17)23-21-8-4-14-25(21)20-7-3-2-6-19(20)16-26(23)24(27)22-9-5-15-28-22/h2-15,23H,16H2,1H3. The molecule has 0 saturated heterocycles. The van der Waals surface area contributed by atoms with Gasteiger partial charge in [-0.2, -0.15) is 0 Å². The quantitative estimate of drug-likeness (QED) is 0.492. The van der Waals surface area contributed by atoms with Gasteiger partial charge >= 0.3 is 0 Å². The molecular formula is C24H20N2O2. The summed E-state index contributed by atoms with van der Waals surface area (Å²) in [4.78, 5) is 15.3. The molecule has 1 unspecified atom stereocenters. The molecule has 1 aliphatic rings. The highest BCUT2D eigenvalue weighted by molar-refractivity contribution is 5.92. The topological polar surface area (TPSA) is 38.4 Å². The van der Waals surface area contributed by atoms with Gasteiger partial charge in [0.25, 0.3) is 5.91 Å². The number of para-hydroxylation sites is 1. The molecule has 2 aromatic heterocycles. The Morgan fingerprint density at radius 2 is 1.79 bits per heavy atom. The molecule has 0 radical (unpaired) electrons. The zero-order valence-corrected chi connectivity index (χ0v) is 15.6. The zero-order valence-electron chi connectivity index (χ0n) is 15.6. The van der Waals surface area contributed by atoms with Crippen LogP contribution >= 0.6 is 0 Å². The Morgan fingerprint density at radius 1 is 0.964 bits per heavy atom. The average molecular weight is 368 g/mol. The maximum Gasteiger partial charge on any atom is 0.290 e. The summed E-state index contributed by atoms with van der Waals surface area (Å²) in [6, 6.07) is 24.0. The number of amides is 1. The molecule has 138 valence electrons. The van der Waals surface area contributed by atoms with E-state index in [1.54, 1.807) is 18.4 Å². The predicted octanol–water partition coefficient (Wildman–Crippen LogP) is 5.12. The summed E-state index contributed by atoms with van der Waals surface area (Å²) in [6.07, 6.45) is 3.61. The van der Waals surface area contributed by atoms with Crippen LogP contribution in [0.25, 0.3) is 5.69 Å². The van der Waals surface area contributed by atoms with Crippen molar-refractivity contribution in [2.24, 2.45) is 0 Å². The van der Waals surface area contributed by atoms with Crippen LogP contribution in [0.2, 0.25) is 0 Å². The summed E-state index contributed by atoms with van der Waals surface area (Å²) in [7, 11) is 0. The molecule has 4 aromatic rings. The Labute approximate surface area is 163 Å². The van der Waals surface area contributed by atoms with E-state index in [2.05, 4.69) is 60.2 Å². The second-order valence-corrected chi connectivity index (χ2v) is 7.16. The van der Waals surface area contributed by atoms with Gasteiger partial charge < -0.3 is 13.9 Å². The minimum Gasteiger partial charge on any atom is -0.459 e. The average Bonchev–Trinajstić information content (AvgIpc) is 3.39. The number of aromatic nitrogens is 1. The van der Waals surface area contributed by atoms with Gasteiger partial charge in [0, 0.05) is 18.4 Å². The van der Waals surface area contributed by atoms with Crippen LogP contribution in [-0.2, 0) is 6.54 Å². The van der Waals surface area contributed by atoms with Crippen molar-refractivity contribution < 1.29 is 9.21 Å². The van der Waals surface area contributed by atoms with E-state index >= 15 is 0 Å². The van der Waals surface area contributed by atoms with Gasteiger partial charge in [0.1, 0.15) is 0 Å². The number of furan rings is 1. The number of hydrogen-bond donors (Lipinski definition) is 0. The van der Waals surface area contributed by atoms with Gasteiger partial charge in [0.2, 0.25) is 0 Å². The number of nitrogens with zero attached hydrogens (tertiary/aromatic N) is 2. The Hall–Kier alpha value is -3.53. The highest BCUT2D eigenvalue weighted by Gasteiger charge is 2.34. The van der Waals surface area contributed by atoms with E-state index in [9.17, 15) is 4.79 Å². The minimum atomic E-state index is -0.208. The number of aryl methyl sites for hydroxylation is 1. The molecule has 0 aliphatic carbocycles. The third-order valence-electron chi connectivity index (χ3n) is 5.35. The van der Waals surface area contributed by atoms with Crippen molar-refractivity contribution in [2.45, 2.75) is 19.5 Å². The van der Waals surface area contributed by atoms with E-state index in [0.717, 1.165) is 22.5 Å². The number of carbonyl (C=O) groups excluding carboxylic acids is 1. The Kier molecular flexibility index (Phi) is 3.90. The van der Waals surface area contributed by atoms with Gasteiger partial charge in [-0.25, -0.2) is 0 Å². The minimum absolute atomic E-state index is 0.111. The first-order valence-electron chi connectivity index (χ1n) is 9.39. The van der Waals surface area contributed by atoms with Crippen molar-refractivity contribution in [3.63, 3.8) is 0 Å². The van der Waals surface area contributed by atoms with E-state index in [1.165, 1.54) is 5.56 Å². The molecule has 28 heavy (non-hydrogen) atoms. The van der Waals surface area contributed by atoms with Crippen molar-refractivity contribution >= 4 is 5.91 Å². The molecule has 0 fully saturated rings. The van der Waals surface area contributed by atoms with Crippen LogP contribution in [0.4, 0.5) is 0 Å². The highest BCUT2D eigenvalue weighted by Crippen LogP contribution is 2.37. The van der Waals surface area contributed by atoms with Gasteiger partial charge in [-0.1, -0.05) is 48.0 Å². The monoisotopic (exact) mass is 368 g/mol. The fraction of sp³-hybridized carbons (Fsp3) is 0.125. The first kappa shape index (κ1) is 16.6. The van der Waals surface area contributed by atoms with Crippen LogP contribution in [-0.4, -0.2) is 15.4 Å². The smallest absolute Gasteiger partial charge is 0.290 e. The molecule has 1 amide bonds. The SMILES string of the molecule is Cc1ccc(C2c3cccn3-c3ccccc3CN2C(=O)c2ccco2)cc1. The molecule has 0 N–H and O–H groups in total. The fourth-order valence-electron chi connectivity index (χ4n) is 3.98. The van der Waals surface area contributed by atoms with Crippen LogP contribution in [0.1, 0.15) is 39.0 Å². The van der Waals surface area contributed by atoms with E-state index < -0.39 is 0 Å². The summed E-state index contributed by atoms with van der Waals surface area (Å²) in [5.74, 6) is 0.245. The van der Waals surface area contributed by atoms with Gasteiger partial charge in [0.05, 0.1) is 18.0 Å². The van der Waals surface area contributed by atoms with Crippen molar-refractivity contribution in [3.8, 4) is 5.69 Å². The first-order valence-corrected chi connectivity index (χ1v) is 9.39. The maximum atomic E-state index is 13.4. The predicted molar refractivity (Wildman–Crippen MR) is 107 cm³/mol. The molecule has 4 heteroatoms. The Balaban J connectivity index is 1.73. The normalized spacial score (nSPS) is 15.6. The molecule has 0 bridgehead atoms. The van der Waals surface area contributed by atoms with Crippen LogP contribution in [0.5, 0.6) is 0 Å². The molecule has 2 aromatic carbocycles. The lowest BCUT2D eigenvalue weighted by Gasteiger charge is -2.30. The number of rotatable bonds is 2. The number of carbonyl (C=O) groups is 1. The second-order valence-electron chi connectivity index (χ2n) is 7.16. The first-order chi connectivity index (χ1) is 13.7. The van der Waals surface area contributed by atoms with Crippen LogP contribution in [0, 0.1) is 6.92 Å². The molecule has 4 nitrogen and oxygen atoms in total. The van der Waals surface area contributed by atoms with Crippen molar-refractivity contribution in [2.75, 3.05) is 0 Å². The summed E-state index contributed by atoms with van der Waals surface area (Å²) >= 11 is 0. The third kappa shape index (κ3) is 2.65. The van der Waals surface area contributed by atoms with Crippen LogP contribution < -0.4 is 0 Å². The Morgan fingerprint density at radius 3 is 2.57 bits per heavy atom. The Bertz CT molecular complexity index is 1120. The molecular weight excluding hydrogens is 348 g/mol. The molecule has 1 atom stereocenters. The van der Waals surface area contributed by atoms with Crippen molar-refractivity contribution in [1.29, 1.82) is 0 Å². The molecule has 1 aliphatic heterocycles. The van der Waals surface area contributed by atoms with Gasteiger partial charge in [-0.15, -0.1) is 0 Å². The largest absolute Gasteiger partial charge is 0.459 e. The second kappa shape index (κ2) is 6.57. The molecule has 5 rings (SSSR count). The highest BCUT2D eigenvalue weighted by atomic mass is 16.3. The lowest BCUT2D eigenvalue weighted by atomic mass is 10.00. The maximum absolute atomic E-state index is 13.4. The lowest BCUT2D eigenvalue weighted by molar-refractivity contribution is 0.0658. The summed E-state index contributed by atoms with van der Waals surface area (Å²) in [5, 5.41) is 0. The molecule has 0 spiro atoms. The zero-order chi connectivity index (χ0) is 19.1. The third-order valence-corrected chi connectivity index (χ3v) is 5.35. The fourth-order valence-corrected chi connectivity index (χ4v) is 3.98. The summed E-state index contributed by atoms with van der Waals surface area (Å²) in [6.45, 7) is 2.58. The summed E-state index contributed by atoms with van der Waals surface area (Å²) in [5.41, 5.74) is 5.55. The van der Waals surface area contributed by atoms with Crippen molar-refractivity contribution in [1.82, 2.24) is 9.47 Å². The van der Waals surface area contributed by atoms with E-state index in [-0.39, 0.29) is 11.9 Å². The van der Waals surface area contributed by atoms with Crippen LogP contribution in [0.15, 0.2) is 89.7 Å². The van der Waals surface area contributed by atoms with Crippen LogP contribution in [0.3, 0.4) is 0 Å². The van der Waals surface area contributed by atoms with E-state index in [0.29, 0.717) is 12.3 Å².